The van der Waals surface area contributed by atoms with Gasteiger partial charge in [0.2, 0.25) is 0 Å². The number of benzene rings is 7. The minimum atomic E-state index is -0.0749. The van der Waals surface area contributed by atoms with Gasteiger partial charge in [-0.25, -0.2) is 0 Å². The predicted molar refractivity (Wildman–Crippen MR) is 229 cm³/mol. The van der Waals surface area contributed by atoms with Crippen LogP contribution in [0.1, 0.15) is 0 Å². The van der Waals surface area contributed by atoms with Crippen LogP contribution >= 0.6 is 0 Å². The molecule has 3 heterocycles. The molecule has 2 atom stereocenters. The van der Waals surface area contributed by atoms with Crippen LogP contribution in [-0.2, 0) is 4.74 Å². The van der Waals surface area contributed by atoms with Crippen LogP contribution in [0.5, 0.6) is 0 Å². The first-order valence-corrected chi connectivity index (χ1v) is 19.1. The number of ether oxygens (including phenoxy) is 1. The molecule has 0 saturated heterocycles. The Morgan fingerprint density at radius 2 is 1.07 bits per heavy atom. The second-order valence-corrected chi connectivity index (χ2v) is 14.5. The Balaban J connectivity index is 1.16. The molecule has 0 N–H and O–H groups in total. The van der Waals surface area contributed by atoms with Crippen LogP contribution in [-0.4, -0.2) is 12.8 Å². The van der Waals surface area contributed by atoms with Gasteiger partial charge in [0.15, 0.2) is 5.88 Å². The summed E-state index contributed by atoms with van der Waals surface area (Å²) >= 11 is 0. The Labute approximate surface area is 322 Å². The van der Waals surface area contributed by atoms with Gasteiger partial charge in [-0.15, -0.1) is 0 Å². The van der Waals surface area contributed by atoms with E-state index >= 15 is 0 Å². The summed E-state index contributed by atoms with van der Waals surface area (Å²) in [5.74, 6) is 1.04. The van der Waals surface area contributed by atoms with Crippen molar-refractivity contribution in [3.63, 3.8) is 0 Å². The van der Waals surface area contributed by atoms with Gasteiger partial charge < -0.3 is 14.5 Å². The van der Waals surface area contributed by atoms with Gasteiger partial charge in [0.25, 0.3) is 6.71 Å². The zero-order valence-electron chi connectivity index (χ0n) is 30.1. The Morgan fingerprint density at radius 1 is 0.473 bits per heavy atom. The van der Waals surface area contributed by atoms with Crippen molar-refractivity contribution in [3.05, 3.63) is 218 Å². The topological polar surface area (TPSA) is 19.0 Å². The Bertz CT molecular complexity index is 2620. The smallest absolute Gasteiger partial charge is 0.252 e. The van der Waals surface area contributed by atoms with Crippen molar-refractivity contribution in [3.8, 4) is 11.1 Å². The lowest BCUT2D eigenvalue weighted by Crippen LogP contribution is -2.56. The molecule has 7 aromatic rings. The maximum atomic E-state index is 7.08. The average Bonchev–Trinajstić information content (AvgIpc) is 3.64. The number of para-hydroxylation sites is 3. The third-order valence-corrected chi connectivity index (χ3v) is 11.4. The minimum absolute atomic E-state index is 0.00758. The van der Waals surface area contributed by atoms with Crippen LogP contribution in [0.15, 0.2) is 218 Å². The standard InChI is InChI=1S/C50H36BN3O/c1-5-17-35(18-6-1)36-19-15-26-40(33-36)54-45-29-16-28-44-49(45)51(48-42-27-13-14-30-47(42)55-50(48)54)43-32-31-41(34-46(43)53(44)39-24-11-4-12-25-39)52(37-20-7-2-8-21-37)38-22-9-3-10-23-38/h1-34,42,47H. The van der Waals surface area contributed by atoms with Gasteiger partial charge in [-0.1, -0.05) is 127 Å². The van der Waals surface area contributed by atoms with E-state index in [2.05, 4.69) is 221 Å². The lowest BCUT2D eigenvalue weighted by atomic mass is 9.31. The lowest BCUT2D eigenvalue weighted by Gasteiger charge is -2.43. The molecule has 0 fully saturated rings. The molecule has 2 unspecified atom stereocenters. The number of allylic oxidation sites excluding steroid dienone is 2. The van der Waals surface area contributed by atoms with Crippen molar-refractivity contribution in [2.45, 2.75) is 6.10 Å². The number of hydrogen-bond acceptors (Lipinski definition) is 4. The fraction of sp³-hybridized carbons (Fsp3) is 0.0400. The first-order chi connectivity index (χ1) is 27.3. The molecule has 4 nitrogen and oxygen atoms in total. The van der Waals surface area contributed by atoms with Gasteiger partial charge in [-0.3, -0.25) is 4.90 Å². The Hall–Kier alpha value is -6.98. The summed E-state index contributed by atoms with van der Waals surface area (Å²) < 4.78 is 7.08. The van der Waals surface area contributed by atoms with Gasteiger partial charge in [0.1, 0.15) is 6.10 Å². The van der Waals surface area contributed by atoms with E-state index in [0.717, 1.165) is 40.0 Å². The van der Waals surface area contributed by atoms with Crippen LogP contribution in [0.4, 0.5) is 45.5 Å². The monoisotopic (exact) mass is 705 g/mol. The SMILES string of the molecule is C1=CC2OC3=C(B4c5ccc(N(c6ccccc6)c6ccccc6)cc5N(c5ccccc5)c5cccc(c54)N3c3cccc(-c4ccccc4)c3)C2C=C1. The molecule has 0 bridgehead atoms. The molecule has 1 aliphatic carbocycles. The normalized spacial score (nSPS) is 17.3. The number of nitrogens with zero attached hydrogens (tertiary/aromatic N) is 3. The molecular formula is C50H36BN3O. The van der Waals surface area contributed by atoms with Crippen molar-refractivity contribution in [1.29, 1.82) is 0 Å². The highest BCUT2D eigenvalue weighted by molar-refractivity contribution is 6.95. The van der Waals surface area contributed by atoms with Crippen LogP contribution in [0, 0.1) is 5.92 Å². The molecule has 55 heavy (non-hydrogen) atoms. The van der Waals surface area contributed by atoms with Crippen molar-refractivity contribution < 1.29 is 4.74 Å². The summed E-state index contributed by atoms with van der Waals surface area (Å²) in [6.07, 6.45) is 8.78. The Kier molecular flexibility index (Phi) is 7.37. The predicted octanol–water partition coefficient (Wildman–Crippen LogP) is 11.3. The first kappa shape index (κ1) is 31.5. The first-order valence-electron chi connectivity index (χ1n) is 19.1. The lowest BCUT2D eigenvalue weighted by molar-refractivity contribution is 0.162. The summed E-state index contributed by atoms with van der Waals surface area (Å²) in [4.78, 5) is 7.20. The molecule has 5 heteroatoms. The molecule has 3 aliphatic heterocycles. The molecule has 0 aromatic heterocycles. The third-order valence-electron chi connectivity index (χ3n) is 11.4. The molecule has 0 saturated carbocycles. The maximum Gasteiger partial charge on any atom is 0.252 e. The highest BCUT2D eigenvalue weighted by Gasteiger charge is 2.51. The quantitative estimate of drug-likeness (QED) is 0.160. The van der Waals surface area contributed by atoms with Crippen LogP contribution in [0.3, 0.4) is 0 Å². The molecule has 11 rings (SSSR count). The van der Waals surface area contributed by atoms with Crippen molar-refractivity contribution in [2.75, 3.05) is 14.7 Å². The largest absolute Gasteiger partial charge is 0.471 e. The van der Waals surface area contributed by atoms with E-state index < -0.39 is 0 Å². The Morgan fingerprint density at radius 3 is 1.80 bits per heavy atom. The van der Waals surface area contributed by atoms with E-state index in [9.17, 15) is 0 Å². The van der Waals surface area contributed by atoms with Crippen molar-refractivity contribution >= 4 is 63.1 Å². The summed E-state index contributed by atoms with van der Waals surface area (Å²) in [7, 11) is 0. The zero-order valence-corrected chi connectivity index (χ0v) is 30.1. The highest BCUT2D eigenvalue weighted by Crippen LogP contribution is 2.51. The number of hydrogen-bond donors (Lipinski definition) is 0. The average molecular weight is 706 g/mol. The van der Waals surface area contributed by atoms with E-state index in [1.54, 1.807) is 0 Å². The molecule has 0 radical (unpaired) electrons. The highest BCUT2D eigenvalue weighted by atomic mass is 16.5. The summed E-state index contributed by atoms with van der Waals surface area (Å²) in [6.45, 7) is -0.00758. The van der Waals surface area contributed by atoms with E-state index in [0.29, 0.717) is 0 Å². The number of rotatable bonds is 6. The van der Waals surface area contributed by atoms with E-state index in [-0.39, 0.29) is 18.7 Å². The maximum absolute atomic E-state index is 7.08. The fourth-order valence-electron chi connectivity index (χ4n) is 9.04. The second-order valence-electron chi connectivity index (χ2n) is 14.5. The van der Waals surface area contributed by atoms with E-state index in [1.165, 1.54) is 38.9 Å². The van der Waals surface area contributed by atoms with E-state index in [1.807, 2.05) is 0 Å². The third kappa shape index (κ3) is 5.08. The van der Waals surface area contributed by atoms with Crippen LogP contribution in [0.25, 0.3) is 11.1 Å². The number of anilines is 8. The van der Waals surface area contributed by atoms with Crippen molar-refractivity contribution in [1.82, 2.24) is 0 Å². The molecule has 7 aromatic carbocycles. The van der Waals surface area contributed by atoms with Gasteiger partial charge in [-0.2, -0.15) is 0 Å². The van der Waals surface area contributed by atoms with Crippen molar-refractivity contribution in [2.24, 2.45) is 5.92 Å². The number of fused-ring (bicyclic) bond motifs is 5. The summed E-state index contributed by atoms with van der Waals surface area (Å²) in [6, 6.07) is 65.5. The molecule has 0 amide bonds. The fourth-order valence-corrected chi connectivity index (χ4v) is 9.04. The van der Waals surface area contributed by atoms with Crippen LogP contribution in [0.2, 0.25) is 0 Å². The summed E-state index contributed by atoms with van der Waals surface area (Å²) in [5, 5.41) is 0. The van der Waals surface area contributed by atoms with Gasteiger partial charge >= 0.3 is 0 Å². The van der Waals surface area contributed by atoms with Crippen LogP contribution < -0.4 is 25.6 Å². The minimum Gasteiger partial charge on any atom is -0.471 e. The molecular weight excluding hydrogens is 669 g/mol. The second kappa shape index (κ2) is 12.9. The van der Waals surface area contributed by atoms with Gasteiger partial charge in [-0.05, 0) is 106 Å². The zero-order chi connectivity index (χ0) is 36.3. The van der Waals surface area contributed by atoms with Gasteiger partial charge in [0, 0.05) is 51.4 Å². The van der Waals surface area contributed by atoms with E-state index in [4.69, 9.17) is 4.74 Å². The molecule has 260 valence electrons. The summed E-state index contributed by atoms with van der Waals surface area (Å²) in [5.41, 5.74) is 15.3. The van der Waals surface area contributed by atoms with Gasteiger partial charge in [0.05, 0.1) is 0 Å². The molecule has 4 aliphatic rings. The molecule has 0 spiro atoms.